The Kier molecular flexibility index (Phi) is 4.97. The van der Waals surface area contributed by atoms with Crippen LogP contribution in [0, 0.1) is 0 Å². The lowest BCUT2D eigenvalue weighted by Crippen LogP contribution is -2.36. The first-order chi connectivity index (χ1) is 14.7. The molecule has 10 heteroatoms. The number of carbonyl (C=O) groups excluding carboxylic acids is 2. The maximum absolute atomic E-state index is 12.3. The zero-order valence-electron chi connectivity index (χ0n) is 15.9. The van der Waals surface area contributed by atoms with Gasteiger partial charge in [0.15, 0.2) is 0 Å². The summed E-state index contributed by atoms with van der Waals surface area (Å²) in [5.41, 5.74) is 9.01. The van der Waals surface area contributed by atoms with E-state index in [4.69, 9.17) is 5.73 Å². The van der Waals surface area contributed by atoms with Gasteiger partial charge in [0.25, 0.3) is 5.91 Å². The average Bonchev–Trinajstić information content (AvgIpc) is 3.38. The van der Waals surface area contributed by atoms with Crippen LogP contribution in [-0.4, -0.2) is 32.5 Å². The highest BCUT2D eigenvalue weighted by molar-refractivity contribution is 6.04. The fraction of sp³-hybridized carbons (Fsp3) is 0.0952. The second-order valence-corrected chi connectivity index (χ2v) is 6.80. The van der Waals surface area contributed by atoms with E-state index in [0.29, 0.717) is 28.0 Å². The van der Waals surface area contributed by atoms with Gasteiger partial charge in [-0.15, -0.1) is 0 Å². The number of amides is 2. The molecule has 0 bridgehead atoms. The van der Waals surface area contributed by atoms with Crippen molar-refractivity contribution in [1.29, 1.82) is 0 Å². The number of para-hydroxylation sites is 1. The molecule has 2 aromatic carbocycles. The van der Waals surface area contributed by atoms with Gasteiger partial charge in [-0.25, -0.2) is 4.98 Å². The minimum Gasteiger partial charge on any atom is -0.366 e. The van der Waals surface area contributed by atoms with Crippen LogP contribution in [0.3, 0.4) is 0 Å². The number of H-pyrrole nitrogens is 1. The van der Waals surface area contributed by atoms with Crippen LogP contribution in [0.2, 0.25) is 0 Å². The molecule has 0 fully saturated rings. The zero-order chi connectivity index (χ0) is 22.2. The molecule has 2 aromatic heterocycles. The highest BCUT2D eigenvalue weighted by atomic mass is 19.4. The smallest absolute Gasteiger partial charge is 0.366 e. The Bertz CT molecular complexity index is 1270. The Hall–Kier alpha value is -4.08. The summed E-state index contributed by atoms with van der Waals surface area (Å²) in [7, 11) is 0. The van der Waals surface area contributed by atoms with E-state index < -0.39 is 18.0 Å². The van der Waals surface area contributed by atoms with Crippen LogP contribution in [0.5, 0.6) is 0 Å². The summed E-state index contributed by atoms with van der Waals surface area (Å²) in [6.07, 6.45) is -1.59. The van der Waals surface area contributed by atoms with Crippen molar-refractivity contribution in [3.63, 3.8) is 0 Å². The largest absolute Gasteiger partial charge is 0.471 e. The number of fused-ring (bicyclic) bond motifs is 1. The highest BCUT2D eigenvalue weighted by Gasteiger charge is 2.38. The Morgan fingerprint density at radius 1 is 1.10 bits per heavy atom. The lowest BCUT2D eigenvalue weighted by Gasteiger charge is -2.07. The fourth-order valence-electron chi connectivity index (χ4n) is 3.15. The normalized spacial score (nSPS) is 11.6. The SMILES string of the molecule is NC(=O)c1cccc2nc(-c3ccc(-n4ccc(CNC(=O)C(F)(F)F)c4)cc3)[nH]c12. The molecule has 7 nitrogen and oxygen atoms in total. The van der Waals surface area contributed by atoms with E-state index in [1.165, 1.54) is 0 Å². The van der Waals surface area contributed by atoms with Crippen molar-refractivity contribution in [1.82, 2.24) is 19.9 Å². The van der Waals surface area contributed by atoms with E-state index in [1.54, 1.807) is 41.2 Å². The molecule has 0 unspecified atom stereocenters. The summed E-state index contributed by atoms with van der Waals surface area (Å²) in [6, 6.07) is 14.0. The van der Waals surface area contributed by atoms with Crippen LogP contribution < -0.4 is 11.1 Å². The number of primary amides is 1. The van der Waals surface area contributed by atoms with E-state index >= 15 is 0 Å². The Balaban J connectivity index is 1.52. The number of alkyl halides is 3. The van der Waals surface area contributed by atoms with E-state index in [1.807, 2.05) is 29.6 Å². The molecular formula is C21H16F3N5O2. The first-order valence-corrected chi connectivity index (χ1v) is 9.13. The van der Waals surface area contributed by atoms with Gasteiger partial charge >= 0.3 is 12.1 Å². The molecule has 0 saturated heterocycles. The van der Waals surface area contributed by atoms with Gasteiger partial charge in [0.1, 0.15) is 5.82 Å². The third-order valence-electron chi connectivity index (χ3n) is 4.69. The molecule has 0 aliphatic heterocycles. The summed E-state index contributed by atoms with van der Waals surface area (Å²) < 4.78 is 38.6. The van der Waals surface area contributed by atoms with Crippen molar-refractivity contribution >= 4 is 22.8 Å². The number of hydrogen-bond donors (Lipinski definition) is 3. The molecule has 2 heterocycles. The second kappa shape index (κ2) is 7.63. The zero-order valence-corrected chi connectivity index (χ0v) is 15.9. The number of nitrogens with one attached hydrogen (secondary N) is 2. The first-order valence-electron chi connectivity index (χ1n) is 9.13. The van der Waals surface area contributed by atoms with Crippen molar-refractivity contribution < 1.29 is 22.8 Å². The molecule has 0 radical (unpaired) electrons. The van der Waals surface area contributed by atoms with E-state index in [-0.39, 0.29) is 6.54 Å². The highest BCUT2D eigenvalue weighted by Crippen LogP contribution is 2.24. The number of halogens is 3. The molecular weight excluding hydrogens is 411 g/mol. The molecule has 2 amide bonds. The van der Waals surface area contributed by atoms with Gasteiger partial charge in [0.2, 0.25) is 0 Å². The molecule has 158 valence electrons. The molecule has 0 atom stereocenters. The molecule has 0 aliphatic carbocycles. The van der Waals surface area contributed by atoms with Crippen molar-refractivity contribution in [2.24, 2.45) is 5.73 Å². The quantitative estimate of drug-likeness (QED) is 0.455. The fourth-order valence-corrected chi connectivity index (χ4v) is 3.15. The standard InChI is InChI=1S/C21H16F3N5O2/c22-21(23,24)20(31)26-10-12-8-9-29(11-12)14-6-4-13(5-7-14)19-27-16-3-1-2-15(18(25)30)17(16)28-19/h1-9,11H,10H2,(H2,25,30)(H,26,31)(H,27,28). The molecule has 4 aromatic rings. The Morgan fingerprint density at radius 3 is 2.52 bits per heavy atom. The lowest BCUT2D eigenvalue weighted by molar-refractivity contribution is -0.173. The monoisotopic (exact) mass is 427 g/mol. The predicted molar refractivity (Wildman–Crippen MR) is 107 cm³/mol. The minimum atomic E-state index is -4.91. The molecule has 0 saturated carbocycles. The Labute approximate surface area is 173 Å². The molecule has 0 aliphatic rings. The topological polar surface area (TPSA) is 106 Å². The third kappa shape index (κ3) is 4.13. The van der Waals surface area contributed by atoms with Gasteiger partial charge in [-0.05, 0) is 48.0 Å². The summed E-state index contributed by atoms with van der Waals surface area (Å²) in [4.78, 5) is 30.1. The number of nitrogens with two attached hydrogens (primary N) is 1. The van der Waals surface area contributed by atoms with Gasteiger partial charge in [0.05, 0.1) is 16.6 Å². The maximum Gasteiger partial charge on any atom is 0.471 e. The van der Waals surface area contributed by atoms with Crippen LogP contribution in [0.1, 0.15) is 15.9 Å². The maximum atomic E-state index is 12.3. The summed E-state index contributed by atoms with van der Waals surface area (Å²) in [5.74, 6) is -1.96. The van der Waals surface area contributed by atoms with Crippen LogP contribution in [0.15, 0.2) is 60.9 Å². The number of aromatic amines is 1. The molecule has 31 heavy (non-hydrogen) atoms. The van der Waals surface area contributed by atoms with Gasteiger partial charge < -0.3 is 20.6 Å². The van der Waals surface area contributed by atoms with Crippen molar-refractivity contribution in [3.05, 3.63) is 72.1 Å². The van der Waals surface area contributed by atoms with E-state index in [9.17, 15) is 22.8 Å². The van der Waals surface area contributed by atoms with Crippen molar-refractivity contribution in [2.45, 2.75) is 12.7 Å². The Morgan fingerprint density at radius 2 is 1.84 bits per heavy atom. The van der Waals surface area contributed by atoms with Crippen LogP contribution in [0.4, 0.5) is 13.2 Å². The lowest BCUT2D eigenvalue weighted by atomic mass is 10.2. The molecule has 0 spiro atoms. The number of hydrogen-bond acceptors (Lipinski definition) is 3. The number of aromatic nitrogens is 3. The summed E-state index contributed by atoms with van der Waals surface area (Å²) in [5, 5.41) is 1.84. The van der Waals surface area contributed by atoms with Crippen molar-refractivity contribution in [3.8, 4) is 17.1 Å². The van der Waals surface area contributed by atoms with Crippen LogP contribution in [-0.2, 0) is 11.3 Å². The van der Waals surface area contributed by atoms with E-state index in [2.05, 4.69) is 9.97 Å². The molecule has 4 N–H and O–H groups in total. The van der Waals surface area contributed by atoms with Gasteiger partial charge in [0, 0.05) is 30.2 Å². The third-order valence-corrected chi connectivity index (χ3v) is 4.69. The van der Waals surface area contributed by atoms with Crippen molar-refractivity contribution in [2.75, 3.05) is 0 Å². The van der Waals surface area contributed by atoms with E-state index in [0.717, 1.165) is 11.3 Å². The molecule has 4 rings (SSSR count). The van der Waals surface area contributed by atoms with Gasteiger partial charge in [-0.2, -0.15) is 13.2 Å². The average molecular weight is 427 g/mol. The summed E-state index contributed by atoms with van der Waals surface area (Å²) in [6.45, 7) is -0.232. The predicted octanol–water partition coefficient (Wildman–Crippen LogP) is 3.30. The minimum absolute atomic E-state index is 0.232. The van der Waals surface area contributed by atoms with Gasteiger partial charge in [-0.1, -0.05) is 6.07 Å². The second-order valence-electron chi connectivity index (χ2n) is 6.80. The first kappa shape index (κ1) is 20.2. The number of nitrogens with zero attached hydrogens (tertiary/aromatic N) is 2. The number of imidazole rings is 1. The van der Waals surface area contributed by atoms with Gasteiger partial charge in [-0.3, -0.25) is 9.59 Å². The number of rotatable bonds is 5. The number of carbonyl (C=O) groups is 2. The number of benzene rings is 2. The van der Waals surface area contributed by atoms with Crippen LogP contribution in [0.25, 0.3) is 28.1 Å². The summed E-state index contributed by atoms with van der Waals surface area (Å²) >= 11 is 0. The van der Waals surface area contributed by atoms with Crippen LogP contribution >= 0.6 is 0 Å².